The SMILES string of the molecule is CNC(=O)CN=C1NC(C(C)(C)C)CCS1. The quantitative estimate of drug-likeness (QED) is 0.767. The third-order valence-electron chi connectivity index (χ3n) is 2.63. The molecule has 0 aliphatic carbocycles. The third-order valence-corrected chi connectivity index (χ3v) is 3.59. The average Bonchev–Trinajstić information content (AvgIpc) is 2.25. The van der Waals surface area contributed by atoms with Gasteiger partial charge in [0.2, 0.25) is 5.91 Å². The lowest BCUT2D eigenvalue weighted by Crippen LogP contribution is -2.46. The lowest BCUT2D eigenvalue weighted by molar-refractivity contribution is -0.119. The van der Waals surface area contributed by atoms with E-state index in [1.54, 1.807) is 18.8 Å². The fraction of sp³-hybridized carbons (Fsp3) is 0.818. The van der Waals surface area contributed by atoms with Crippen LogP contribution in [0.25, 0.3) is 0 Å². The molecule has 1 saturated heterocycles. The second-order valence-corrected chi connectivity index (χ2v) is 6.08. The summed E-state index contributed by atoms with van der Waals surface area (Å²) < 4.78 is 0. The van der Waals surface area contributed by atoms with Gasteiger partial charge < -0.3 is 10.6 Å². The molecule has 0 saturated carbocycles. The third kappa shape index (κ3) is 4.04. The van der Waals surface area contributed by atoms with Crippen molar-refractivity contribution in [2.45, 2.75) is 33.2 Å². The van der Waals surface area contributed by atoms with E-state index in [1.807, 2.05) is 0 Å². The van der Waals surface area contributed by atoms with E-state index >= 15 is 0 Å². The molecule has 0 bridgehead atoms. The van der Waals surface area contributed by atoms with E-state index < -0.39 is 0 Å². The molecule has 0 radical (unpaired) electrons. The first-order valence-corrected chi connectivity index (χ1v) is 6.56. The summed E-state index contributed by atoms with van der Waals surface area (Å²) in [5.74, 6) is 1.02. The molecule has 1 atom stereocenters. The number of carbonyl (C=O) groups is 1. The molecule has 1 fully saturated rings. The van der Waals surface area contributed by atoms with Crippen LogP contribution in [-0.4, -0.2) is 36.5 Å². The number of rotatable bonds is 2. The number of amidine groups is 1. The zero-order valence-corrected chi connectivity index (χ0v) is 11.3. The van der Waals surface area contributed by atoms with Crippen molar-refractivity contribution in [2.75, 3.05) is 19.3 Å². The summed E-state index contributed by atoms with van der Waals surface area (Å²) in [5.41, 5.74) is 0.231. The van der Waals surface area contributed by atoms with Crippen molar-refractivity contribution in [1.82, 2.24) is 10.6 Å². The highest BCUT2D eigenvalue weighted by Gasteiger charge is 2.28. The Kier molecular flexibility index (Phi) is 4.65. The highest BCUT2D eigenvalue weighted by atomic mass is 32.2. The van der Waals surface area contributed by atoms with E-state index in [9.17, 15) is 4.79 Å². The molecule has 1 rings (SSSR count). The second kappa shape index (κ2) is 5.57. The Bertz CT molecular complexity index is 283. The fourth-order valence-electron chi connectivity index (χ4n) is 1.50. The molecule has 1 aliphatic rings. The van der Waals surface area contributed by atoms with Crippen molar-refractivity contribution in [1.29, 1.82) is 0 Å². The van der Waals surface area contributed by atoms with Gasteiger partial charge in [-0.25, -0.2) is 0 Å². The highest BCUT2D eigenvalue weighted by Crippen LogP contribution is 2.27. The predicted octanol–water partition coefficient (Wildman–Crippen LogP) is 1.23. The summed E-state index contributed by atoms with van der Waals surface area (Å²) in [6, 6.07) is 0.442. The summed E-state index contributed by atoms with van der Waals surface area (Å²) in [6.45, 7) is 6.87. The summed E-state index contributed by atoms with van der Waals surface area (Å²) in [5, 5.41) is 6.87. The number of nitrogens with zero attached hydrogens (tertiary/aromatic N) is 1. The number of amides is 1. The molecule has 1 unspecified atom stereocenters. The van der Waals surface area contributed by atoms with Gasteiger partial charge in [0.25, 0.3) is 0 Å². The van der Waals surface area contributed by atoms with E-state index in [2.05, 4.69) is 36.4 Å². The lowest BCUT2D eigenvalue weighted by Gasteiger charge is -2.35. The molecule has 1 aliphatic heterocycles. The maximum Gasteiger partial charge on any atom is 0.241 e. The van der Waals surface area contributed by atoms with Crippen molar-refractivity contribution in [2.24, 2.45) is 10.4 Å². The number of aliphatic imine (C=N–C) groups is 1. The van der Waals surface area contributed by atoms with E-state index in [4.69, 9.17) is 0 Å². The smallest absolute Gasteiger partial charge is 0.241 e. The monoisotopic (exact) mass is 243 g/mol. The van der Waals surface area contributed by atoms with Crippen LogP contribution in [-0.2, 0) is 4.79 Å². The van der Waals surface area contributed by atoms with Crippen LogP contribution in [0.5, 0.6) is 0 Å². The van der Waals surface area contributed by atoms with E-state index in [1.165, 1.54) is 0 Å². The fourth-order valence-corrected chi connectivity index (χ4v) is 2.43. The average molecular weight is 243 g/mol. The molecule has 0 aromatic rings. The summed E-state index contributed by atoms with van der Waals surface area (Å²) in [4.78, 5) is 15.4. The second-order valence-electron chi connectivity index (χ2n) is 4.99. The Morgan fingerprint density at radius 1 is 1.62 bits per heavy atom. The molecular weight excluding hydrogens is 222 g/mol. The zero-order chi connectivity index (χ0) is 12.2. The zero-order valence-electron chi connectivity index (χ0n) is 10.5. The molecule has 0 aromatic heterocycles. The first-order chi connectivity index (χ1) is 7.43. The van der Waals surface area contributed by atoms with Crippen molar-refractivity contribution in [3.05, 3.63) is 0 Å². The van der Waals surface area contributed by atoms with Gasteiger partial charge in [-0.3, -0.25) is 9.79 Å². The standard InChI is InChI=1S/C11H21N3OS/c1-11(2,3)8-5-6-16-10(14-8)13-7-9(15)12-4/h8H,5-7H2,1-4H3,(H,12,15)(H,13,14). The van der Waals surface area contributed by atoms with Gasteiger partial charge in [-0.1, -0.05) is 32.5 Å². The van der Waals surface area contributed by atoms with Crippen LogP contribution in [0, 0.1) is 5.41 Å². The van der Waals surface area contributed by atoms with E-state index in [-0.39, 0.29) is 17.9 Å². The van der Waals surface area contributed by atoms with Crippen molar-refractivity contribution in [3.8, 4) is 0 Å². The van der Waals surface area contributed by atoms with Gasteiger partial charge >= 0.3 is 0 Å². The molecule has 1 heterocycles. The van der Waals surface area contributed by atoms with Crippen molar-refractivity contribution in [3.63, 3.8) is 0 Å². The van der Waals surface area contributed by atoms with Gasteiger partial charge in [0.05, 0.1) is 0 Å². The largest absolute Gasteiger partial charge is 0.362 e. The van der Waals surface area contributed by atoms with Gasteiger partial charge in [-0.2, -0.15) is 0 Å². The van der Waals surface area contributed by atoms with Gasteiger partial charge in [0.1, 0.15) is 6.54 Å². The van der Waals surface area contributed by atoms with Crippen LogP contribution in [0.2, 0.25) is 0 Å². The summed E-state index contributed by atoms with van der Waals surface area (Å²) in [6.07, 6.45) is 1.15. The molecule has 16 heavy (non-hydrogen) atoms. The molecule has 0 aromatic carbocycles. The minimum absolute atomic E-state index is 0.0483. The van der Waals surface area contributed by atoms with Crippen LogP contribution in [0.3, 0.4) is 0 Å². The Morgan fingerprint density at radius 3 is 2.88 bits per heavy atom. The maximum atomic E-state index is 11.1. The van der Waals surface area contributed by atoms with Crippen LogP contribution < -0.4 is 10.6 Å². The summed E-state index contributed by atoms with van der Waals surface area (Å²) >= 11 is 1.69. The Balaban J connectivity index is 2.53. The normalized spacial score (nSPS) is 24.0. The molecule has 5 heteroatoms. The first-order valence-electron chi connectivity index (χ1n) is 5.58. The van der Waals surface area contributed by atoms with Crippen molar-refractivity contribution < 1.29 is 4.79 Å². The number of nitrogens with one attached hydrogen (secondary N) is 2. The molecule has 4 nitrogen and oxygen atoms in total. The maximum absolute atomic E-state index is 11.1. The lowest BCUT2D eigenvalue weighted by atomic mass is 9.85. The van der Waals surface area contributed by atoms with E-state index in [0.717, 1.165) is 17.3 Å². The number of likely N-dealkylation sites (N-methyl/N-ethyl adjacent to an activating group) is 1. The van der Waals surface area contributed by atoms with Crippen LogP contribution >= 0.6 is 11.8 Å². The van der Waals surface area contributed by atoms with Gasteiger partial charge in [-0.05, 0) is 11.8 Å². The van der Waals surface area contributed by atoms with Crippen LogP contribution in [0.15, 0.2) is 4.99 Å². The molecule has 1 amide bonds. The molecule has 0 spiro atoms. The van der Waals surface area contributed by atoms with Crippen LogP contribution in [0.4, 0.5) is 0 Å². The minimum Gasteiger partial charge on any atom is -0.362 e. The first kappa shape index (κ1) is 13.4. The molecular formula is C11H21N3OS. The predicted molar refractivity (Wildman–Crippen MR) is 69.8 cm³/mol. The number of hydrogen-bond donors (Lipinski definition) is 2. The topological polar surface area (TPSA) is 53.5 Å². The van der Waals surface area contributed by atoms with Crippen molar-refractivity contribution >= 4 is 22.8 Å². The summed E-state index contributed by atoms with van der Waals surface area (Å²) in [7, 11) is 1.63. The van der Waals surface area contributed by atoms with E-state index in [0.29, 0.717) is 6.04 Å². The minimum atomic E-state index is -0.0483. The number of hydrogen-bond acceptors (Lipinski definition) is 3. The number of carbonyl (C=O) groups excluding carboxylic acids is 1. The highest BCUT2D eigenvalue weighted by molar-refractivity contribution is 8.13. The van der Waals surface area contributed by atoms with Crippen LogP contribution in [0.1, 0.15) is 27.2 Å². The van der Waals surface area contributed by atoms with Gasteiger partial charge in [0, 0.05) is 18.8 Å². The Hall–Kier alpha value is -0.710. The van der Waals surface area contributed by atoms with Gasteiger partial charge in [-0.15, -0.1) is 0 Å². The number of thioether (sulfide) groups is 1. The Labute approximate surface area is 102 Å². The molecule has 2 N–H and O–H groups in total. The molecule has 92 valence electrons. The Morgan fingerprint density at radius 2 is 2.31 bits per heavy atom. The van der Waals surface area contributed by atoms with Gasteiger partial charge in [0.15, 0.2) is 5.17 Å².